The topological polar surface area (TPSA) is 142 Å². The molecule has 8 heteroatoms. The predicted molar refractivity (Wildman–Crippen MR) is 27.2 cm³/mol. The van der Waals surface area contributed by atoms with Gasteiger partial charge in [0.05, 0.1) is 0 Å². The fourth-order valence-corrected chi connectivity index (χ4v) is 0.298. The molecule has 7 nitrogen and oxygen atoms in total. The van der Waals surface area contributed by atoms with Gasteiger partial charge in [-0.15, -0.1) is 0 Å². The molecule has 6 N–H and O–H groups in total. The van der Waals surface area contributed by atoms with Gasteiger partial charge in [-0.05, 0) is 0 Å². The SMILES string of the molecule is N.NS(=O)(=O)OC(=O)O. The van der Waals surface area contributed by atoms with Crippen LogP contribution in [-0.2, 0) is 14.5 Å². The molecular weight excluding hydrogens is 152 g/mol. The van der Waals surface area contributed by atoms with Crippen molar-refractivity contribution in [1.29, 1.82) is 0 Å². The van der Waals surface area contributed by atoms with Crippen molar-refractivity contribution in [3.05, 3.63) is 0 Å². The lowest BCUT2D eigenvalue weighted by Crippen LogP contribution is -2.18. The van der Waals surface area contributed by atoms with Crippen molar-refractivity contribution in [3.63, 3.8) is 0 Å². The Hall–Kier alpha value is -0.860. The maximum absolute atomic E-state index is 9.62. The minimum absolute atomic E-state index is 0. The molecular formula is CH6N2O5S. The van der Waals surface area contributed by atoms with E-state index in [1.165, 1.54) is 0 Å². The summed E-state index contributed by atoms with van der Waals surface area (Å²) in [5.74, 6) is 0. The molecule has 0 rings (SSSR count). The summed E-state index contributed by atoms with van der Waals surface area (Å²) < 4.78 is 22.3. The van der Waals surface area contributed by atoms with Gasteiger partial charge in [0.15, 0.2) is 0 Å². The lowest BCUT2D eigenvalue weighted by molar-refractivity contribution is 0.147. The zero-order valence-electron chi connectivity index (χ0n) is 4.27. The van der Waals surface area contributed by atoms with Crippen LogP contribution in [0, 0.1) is 0 Å². The number of carboxylic acid groups (broad SMARTS) is 1. The van der Waals surface area contributed by atoms with Gasteiger partial charge < -0.3 is 15.4 Å². The molecule has 0 unspecified atom stereocenters. The van der Waals surface area contributed by atoms with Gasteiger partial charge in [0.1, 0.15) is 0 Å². The van der Waals surface area contributed by atoms with Crippen LogP contribution in [0.25, 0.3) is 0 Å². The molecule has 56 valence electrons. The maximum Gasteiger partial charge on any atom is 0.522 e. The van der Waals surface area contributed by atoms with Crippen molar-refractivity contribution in [1.82, 2.24) is 6.15 Å². The quantitative estimate of drug-likeness (QED) is 0.448. The normalized spacial score (nSPS) is 9.44. The molecule has 0 heterocycles. The van der Waals surface area contributed by atoms with Crippen LogP contribution in [0.15, 0.2) is 0 Å². The molecule has 0 aliphatic carbocycles. The molecule has 0 radical (unpaired) electrons. The van der Waals surface area contributed by atoms with Crippen LogP contribution in [0.1, 0.15) is 0 Å². The van der Waals surface area contributed by atoms with Crippen molar-refractivity contribution < 1.29 is 22.5 Å². The first-order valence-electron chi connectivity index (χ1n) is 1.37. The Morgan fingerprint density at radius 1 is 1.56 bits per heavy atom. The molecule has 0 aliphatic rings. The summed E-state index contributed by atoms with van der Waals surface area (Å²) in [6.07, 6.45) is -1.94. The number of hydrogen-bond donors (Lipinski definition) is 3. The highest BCUT2D eigenvalue weighted by Gasteiger charge is 2.06. The van der Waals surface area contributed by atoms with E-state index in [4.69, 9.17) is 5.11 Å². The second kappa shape index (κ2) is 3.22. The van der Waals surface area contributed by atoms with Gasteiger partial charge in [-0.1, -0.05) is 0 Å². The first-order chi connectivity index (χ1) is 3.42. The second-order valence-corrected chi connectivity index (χ2v) is 1.99. The van der Waals surface area contributed by atoms with E-state index in [1.54, 1.807) is 0 Å². The highest BCUT2D eigenvalue weighted by Crippen LogP contribution is 1.80. The Bertz CT molecular complexity index is 181. The average Bonchev–Trinajstić information content (AvgIpc) is 1.21. The molecule has 0 aromatic heterocycles. The Balaban J connectivity index is 0. The highest BCUT2D eigenvalue weighted by atomic mass is 32.2. The zero-order valence-corrected chi connectivity index (χ0v) is 5.09. The van der Waals surface area contributed by atoms with Crippen LogP contribution >= 0.6 is 0 Å². The summed E-state index contributed by atoms with van der Waals surface area (Å²) in [5.41, 5.74) is 0. The average molecular weight is 158 g/mol. The number of hydrogen-bond acceptors (Lipinski definition) is 5. The van der Waals surface area contributed by atoms with E-state index in [1.807, 2.05) is 0 Å². The number of carbonyl (C=O) groups is 1. The fourth-order valence-electron chi connectivity index (χ4n) is 0.0994. The molecule has 0 amide bonds. The van der Waals surface area contributed by atoms with E-state index in [2.05, 4.69) is 9.32 Å². The van der Waals surface area contributed by atoms with Crippen molar-refractivity contribution in [3.8, 4) is 0 Å². The van der Waals surface area contributed by atoms with Gasteiger partial charge >= 0.3 is 16.5 Å². The van der Waals surface area contributed by atoms with Gasteiger partial charge in [0.25, 0.3) is 0 Å². The molecule has 0 bridgehead atoms. The van der Waals surface area contributed by atoms with Crippen LogP contribution in [0.2, 0.25) is 0 Å². The summed E-state index contributed by atoms with van der Waals surface area (Å²) in [4.78, 5) is 9.33. The molecule has 9 heavy (non-hydrogen) atoms. The minimum atomic E-state index is -4.32. The molecule has 0 spiro atoms. The van der Waals surface area contributed by atoms with Crippen LogP contribution in [-0.4, -0.2) is 19.7 Å². The maximum atomic E-state index is 9.62. The van der Waals surface area contributed by atoms with Crippen LogP contribution in [0.5, 0.6) is 0 Å². The third-order valence-corrected chi connectivity index (χ3v) is 0.562. The zero-order chi connectivity index (χ0) is 6.78. The Kier molecular flexibility index (Phi) is 3.94. The van der Waals surface area contributed by atoms with Crippen molar-refractivity contribution in [2.75, 3.05) is 0 Å². The Morgan fingerprint density at radius 2 is 1.89 bits per heavy atom. The number of rotatable bonds is 1. The predicted octanol–water partition coefficient (Wildman–Crippen LogP) is -0.954. The van der Waals surface area contributed by atoms with Gasteiger partial charge in [-0.25, -0.2) is 4.79 Å². The summed E-state index contributed by atoms with van der Waals surface area (Å²) in [6.45, 7) is 0. The Morgan fingerprint density at radius 3 is 1.89 bits per heavy atom. The Labute approximate surface area is 51.3 Å². The van der Waals surface area contributed by atoms with Crippen molar-refractivity contribution in [2.45, 2.75) is 0 Å². The largest absolute Gasteiger partial charge is 0.522 e. The fraction of sp³-hybridized carbons (Fsp3) is 0. The van der Waals surface area contributed by atoms with E-state index in [9.17, 15) is 13.2 Å². The van der Waals surface area contributed by atoms with Gasteiger partial charge in [-0.2, -0.15) is 13.6 Å². The molecule has 0 saturated heterocycles. The molecule has 0 saturated carbocycles. The van der Waals surface area contributed by atoms with E-state index in [0.717, 1.165) is 0 Å². The summed E-state index contributed by atoms with van der Waals surface area (Å²) in [7, 11) is -4.32. The van der Waals surface area contributed by atoms with Crippen LogP contribution in [0.4, 0.5) is 4.79 Å². The summed E-state index contributed by atoms with van der Waals surface area (Å²) in [5, 5.41) is 11.7. The van der Waals surface area contributed by atoms with E-state index < -0.39 is 16.5 Å². The molecule has 0 aliphatic heterocycles. The van der Waals surface area contributed by atoms with Crippen molar-refractivity contribution >= 4 is 16.5 Å². The molecule has 0 fully saturated rings. The van der Waals surface area contributed by atoms with E-state index in [-0.39, 0.29) is 6.15 Å². The monoisotopic (exact) mass is 158 g/mol. The molecule has 0 atom stereocenters. The van der Waals surface area contributed by atoms with E-state index >= 15 is 0 Å². The smallest absolute Gasteiger partial charge is 0.449 e. The lowest BCUT2D eigenvalue weighted by atomic mass is 11.5. The van der Waals surface area contributed by atoms with Crippen molar-refractivity contribution in [2.24, 2.45) is 5.14 Å². The minimum Gasteiger partial charge on any atom is -0.449 e. The lowest BCUT2D eigenvalue weighted by Gasteiger charge is -1.89. The summed E-state index contributed by atoms with van der Waals surface area (Å²) >= 11 is 0. The van der Waals surface area contributed by atoms with Gasteiger partial charge in [-0.3, -0.25) is 0 Å². The highest BCUT2D eigenvalue weighted by molar-refractivity contribution is 7.84. The standard InChI is InChI=1S/CH3NO5S.H3N/c2-8(5,6)7-1(3)4;/h(H,3,4)(H2,2,5,6);1H3. The van der Waals surface area contributed by atoms with Crippen LogP contribution in [0.3, 0.4) is 0 Å². The van der Waals surface area contributed by atoms with Crippen LogP contribution < -0.4 is 11.3 Å². The van der Waals surface area contributed by atoms with E-state index in [0.29, 0.717) is 0 Å². The number of nitrogens with two attached hydrogens (primary N) is 1. The first-order valence-corrected chi connectivity index (χ1v) is 2.84. The second-order valence-electron chi connectivity index (χ2n) is 0.842. The first kappa shape index (κ1) is 11.0. The third-order valence-electron chi connectivity index (χ3n) is 0.187. The van der Waals surface area contributed by atoms with Gasteiger partial charge in [0, 0.05) is 0 Å². The third kappa shape index (κ3) is 11.0. The molecule has 0 aromatic rings. The summed E-state index contributed by atoms with van der Waals surface area (Å²) in [6, 6.07) is 0. The molecule has 0 aromatic carbocycles. The van der Waals surface area contributed by atoms with Gasteiger partial charge in [0.2, 0.25) is 0 Å².